The van der Waals surface area contributed by atoms with Crippen molar-refractivity contribution < 1.29 is 9.59 Å². The van der Waals surface area contributed by atoms with Crippen molar-refractivity contribution in [2.24, 2.45) is 16.8 Å². The molecule has 0 aliphatic heterocycles. The predicted octanol–water partition coefficient (Wildman–Crippen LogP) is 1.70. The summed E-state index contributed by atoms with van der Waals surface area (Å²) in [6.07, 6.45) is 1.18. The maximum Gasteiger partial charge on any atom is 0.270 e. The average Bonchev–Trinajstić information content (AvgIpc) is 3.23. The number of hydrogen-bond donors (Lipinski definition) is 5. The molecule has 1 atom stereocenters. The van der Waals surface area contributed by atoms with E-state index in [0.29, 0.717) is 22.3 Å². The van der Waals surface area contributed by atoms with Crippen molar-refractivity contribution >= 4 is 40.6 Å². The number of amidine groups is 1. The van der Waals surface area contributed by atoms with Crippen LogP contribution < -0.4 is 27.7 Å². The molecule has 0 unspecified atom stereocenters. The van der Waals surface area contributed by atoms with Crippen molar-refractivity contribution in [3.05, 3.63) is 80.5 Å². The first kappa shape index (κ1) is 23.1. The molecule has 12 heteroatoms. The zero-order valence-electron chi connectivity index (χ0n) is 17.0. The smallest absolute Gasteiger partial charge is 0.270 e. The summed E-state index contributed by atoms with van der Waals surface area (Å²) in [4.78, 5) is 33.0. The Hall–Kier alpha value is -3.54. The van der Waals surface area contributed by atoms with E-state index in [0.717, 1.165) is 11.1 Å². The number of rotatable bonds is 7. The minimum Gasteiger partial charge on any atom is -0.347 e. The van der Waals surface area contributed by atoms with Gasteiger partial charge in [0, 0.05) is 18.2 Å². The summed E-state index contributed by atoms with van der Waals surface area (Å²) in [5.41, 5.74) is 5.01. The molecule has 3 rings (SSSR count). The van der Waals surface area contributed by atoms with Crippen molar-refractivity contribution in [2.75, 3.05) is 0 Å². The molecule has 0 bridgehead atoms. The third-order valence-electron chi connectivity index (χ3n) is 4.50. The molecule has 1 aromatic carbocycles. The SMILES string of the molecule is C[C@H](NC(=O)c1cc(C(=O)NCc2csc(Cl)c2)ncn1)c1ccc(/C(=N/N)NN)cc1. The molecule has 166 valence electrons. The molecule has 2 amide bonds. The summed E-state index contributed by atoms with van der Waals surface area (Å²) in [6, 6.07) is 9.98. The second kappa shape index (κ2) is 10.7. The zero-order valence-corrected chi connectivity index (χ0v) is 18.6. The number of carbonyl (C=O) groups is 2. The summed E-state index contributed by atoms with van der Waals surface area (Å²) >= 11 is 7.27. The van der Waals surface area contributed by atoms with Gasteiger partial charge in [-0.3, -0.25) is 9.59 Å². The number of aromatic nitrogens is 2. The topological polar surface area (TPSA) is 160 Å². The molecule has 0 radical (unpaired) electrons. The lowest BCUT2D eigenvalue weighted by Gasteiger charge is -2.15. The highest BCUT2D eigenvalue weighted by molar-refractivity contribution is 7.14. The van der Waals surface area contributed by atoms with Gasteiger partial charge in [-0.05, 0) is 29.5 Å². The fourth-order valence-corrected chi connectivity index (χ4v) is 3.70. The molecule has 2 heterocycles. The van der Waals surface area contributed by atoms with E-state index < -0.39 is 11.8 Å². The number of halogens is 1. The Morgan fingerprint density at radius 3 is 2.44 bits per heavy atom. The standard InChI is InChI=1S/C20H21ClN8O2S/c1-11(13-2-4-14(5-3-13)18(28-22)29-23)27-20(31)16-7-15(25-10-26-16)19(30)24-8-12-6-17(21)32-9-12/h2-7,9-11H,8,22-23H2,1H3,(H,24,30)(H,27,31)(H,28,29)/t11-/m0/s1. The molecule has 0 spiro atoms. The number of thiophene rings is 1. The van der Waals surface area contributed by atoms with Gasteiger partial charge in [0.25, 0.3) is 11.8 Å². The van der Waals surface area contributed by atoms with E-state index in [2.05, 4.69) is 31.1 Å². The first-order chi connectivity index (χ1) is 15.4. The Morgan fingerprint density at radius 1 is 1.16 bits per heavy atom. The van der Waals surface area contributed by atoms with Crippen LogP contribution in [-0.4, -0.2) is 27.6 Å². The van der Waals surface area contributed by atoms with Gasteiger partial charge in [0.1, 0.15) is 17.7 Å². The van der Waals surface area contributed by atoms with Gasteiger partial charge in [-0.2, -0.15) is 5.10 Å². The van der Waals surface area contributed by atoms with Crippen LogP contribution in [0.15, 0.2) is 53.2 Å². The number of hydrazine groups is 1. The van der Waals surface area contributed by atoms with E-state index in [1.165, 1.54) is 23.7 Å². The Balaban J connectivity index is 1.63. The number of benzene rings is 1. The van der Waals surface area contributed by atoms with Crippen molar-refractivity contribution in [1.29, 1.82) is 0 Å². The first-order valence-corrected chi connectivity index (χ1v) is 10.7. The maximum atomic E-state index is 12.6. The van der Waals surface area contributed by atoms with Crippen LogP contribution in [0.3, 0.4) is 0 Å². The number of nitrogens with two attached hydrogens (primary N) is 2. The Morgan fingerprint density at radius 2 is 1.84 bits per heavy atom. The van der Waals surface area contributed by atoms with Crippen LogP contribution in [0, 0.1) is 0 Å². The summed E-state index contributed by atoms with van der Waals surface area (Å²) in [7, 11) is 0. The largest absolute Gasteiger partial charge is 0.347 e. The fraction of sp³-hybridized carbons (Fsp3) is 0.150. The Kier molecular flexibility index (Phi) is 7.71. The lowest BCUT2D eigenvalue weighted by atomic mass is 10.1. The van der Waals surface area contributed by atoms with Crippen LogP contribution in [0.25, 0.3) is 0 Å². The van der Waals surface area contributed by atoms with Gasteiger partial charge in [-0.25, -0.2) is 15.8 Å². The second-order valence-electron chi connectivity index (χ2n) is 6.67. The Labute approximate surface area is 193 Å². The van der Waals surface area contributed by atoms with Crippen molar-refractivity contribution in [2.45, 2.75) is 19.5 Å². The van der Waals surface area contributed by atoms with Gasteiger partial charge >= 0.3 is 0 Å². The summed E-state index contributed by atoms with van der Waals surface area (Å²) < 4.78 is 0.642. The molecule has 0 saturated carbocycles. The number of hydrogen-bond acceptors (Lipinski definition) is 8. The highest BCUT2D eigenvalue weighted by atomic mass is 35.5. The molecule has 0 aliphatic rings. The van der Waals surface area contributed by atoms with Crippen LogP contribution in [0.4, 0.5) is 0 Å². The van der Waals surface area contributed by atoms with Gasteiger partial charge in [0.2, 0.25) is 0 Å². The molecule has 10 nitrogen and oxygen atoms in total. The number of carbonyl (C=O) groups excluding carboxylic acids is 2. The molecule has 0 aliphatic carbocycles. The minimum atomic E-state index is -0.435. The van der Waals surface area contributed by atoms with Crippen LogP contribution in [0.2, 0.25) is 4.34 Å². The van der Waals surface area contributed by atoms with Gasteiger partial charge in [0.05, 0.1) is 10.4 Å². The molecular formula is C20H21ClN8O2S. The predicted molar refractivity (Wildman–Crippen MR) is 123 cm³/mol. The molecule has 0 fully saturated rings. The summed E-state index contributed by atoms with van der Waals surface area (Å²) in [5, 5.41) is 11.0. The highest BCUT2D eigenvalue weighted by Crippen LogP contribution is 2.19. The lowest BCUT2D eigenvalue weighted by Crippen LogP contribution is -2.32. The maximum absolute atomic E-state index is 12.6. The normalized spacial score (nSPS) is 12.2. The van der Waals surface area contributed by atoms with E-state index in [1.54, 1.807) is 18.2 Å². The van der Waals surface area contributed by atoms with E-state index in [4.69, 9.17) is 23.3 Å². The third kappa shape index (κ3) is 5.78. The van der Waals surface area contributed by atoms with Gasteiger partial charge in [0.15, 0.2) is 5.84 Å². The van der Waals surface area contributed by atoms with E-state index in [1.807, 2.05) is 24.4 Å². The molecule has 2 aromatic heterocycles. The highest BCUT2D eigenvalue weighted by Gasteiger charge is 2.16. The number of amides is 2. The van der Waals surface area contributed by atoms with Gasteiger partial charge in [-0.15, -0.1) is 11.3 Å². The van der Waals surface area contributed by atoms with E-state index >= 15 is 0 Å². The van der Waals surface area contributed by atoms with Crippen molar-refractivity contribution in [3.63, 3.8) is 0 Å². The van der Waals surface area contributed by atoms with Crippen LogP contribution in [0.1, 0.15) is 50.6 Å². The van der Waals surface area contributed by atoms with Crippen molar-refractivity contribution in [3.8, 4) is 0 Å². The van der Waals surface area contributed by atoms with Crippen LogP contribution in [-0.2, 0) is 6.54 Å². The molecule has 7 N–H and O–H groups in total. The van der Waals surface area contributed by atoms with E-state index in [9.17, 15) is 9.59 Å². The quantitative estimate of drug-likeness (QED) is 0.151. The Bertz CT molecular complexity index is 1130. The van der Waals surface area contributed by atoms with E-state index in [-0.39, 0.29) is 17.4 Å². The van der Waals surface area contributed by atoms with Gasteiger partial charge < -0.3 is 21.9 Å². The third-order valence-corrected chi connectivity index (χ3v) is 5.64. The monoisotopic (exact) mass is 472 g/mol. The first-order valence-electron chi connectivity index (χ1n) is 9.40. The lowest BCUT2D eigenvalue weighted by molar-refractivity contribution is 0.0934. The average molecular weight is 473 g/mol. The summed E-state index contributed by atoms with van der Waals surface area (Å²) in [6.45, 7) is 2.13. The van der Waals surface area contributed by atoms with Crippen LogP contribution in [0.5, 0.6) is 0 Å². The van der Waals surface area contributed by atoms with Crippen LogP contribution >= 0.6 is 22.9 Å². The second-order valence-corrected chi connectivity index (χ2v) is 8.21. The van der Waals surface area contributed by atoms with Gasteiger partial charge in [-0.1, -0.05) is 35.9 Å². The molecule has 32 heavy (non-hydrogen) atoms. The van der Waals surface area contributed by atoms with Crippen molar-refractivity contribution in [1.82, 2.24) is 26.0 Å². The molecule has 0 saturated heterocycles. The summed E-state index contributed by atoms with van der Waals surface area (Å²) in [5.74, 6) is 10.1. The number of hydrazone groups is 1. The molecular weight excluding hydrogens is 452 g/mol. The zero-order chi connectivity index (χ0) is 23.1. The minimum absolute atomic E-state index is 0.0806. The number of nitrogens with zero attached hydrogens (tertiary/aromatic N) is 3. The number of nitrogens with one attached hydrogen (secondary N) is 3. The fourth-order valence-electron chi connectivity index (χ4n) is 2.80. The molecule has 3 aromatic rings.